The molecule has 7 nitrogen and oxygen atoms in total. The quantitative estimate of drug-likeness (QED) is 0.476. The first-order valence-corrected chi connectivity index (χ1v) is 10.2. The zero-order valence-corrected chi connectivity index (χ0v) is 18.2. The van der Waals surface area contributed by atoms with E-state index in [2.05, 4.69) is 15.6 Å². The number of fused-ring (bicyclic) bond motifs is 1. The molecule has 4 rings (SSSR count). The van der Waals surface area contributed by atoms with E-state index < -0.39 is 0 Å². The number of carbonyl (C=O) groups excluding carboxylic acids is 1. The predicted molar refractivity (Wildman–Crippen MR) is 126 cm³/mol. The third kappa shape index (κ3) is 4.95. The van der Waals surface area contributed by atoms with Gasteiger partial charge in [-0.15, -0.1) is 0 Å². The molecule has 0 aliphatic carbocycles. The first-order chi connectivity index (χ1) is 15.4. The van der Waals surface area contributed by atoms with E-state index in [4.69, 9.17) is 4.74 Å². The zero-order chi connectivity index (χ0) is 22.7. The Hall–Kier alpha value is -4.13. The van der Waals surface area contributed by atoms with E-state index in [1.54, 1.807) is 30.5 Å². The van der Waals surface area contributed by atoms with Gasteiger partial charge in [-0.2, -0.15) is 0 Å². The number of benzene rings is 2. The van der Waals surface area contributed by atoms with E-state index in [1.807, 2.05) is 51.1 Å². The lowest BCUT2D eigenvalue weighted by atomic mass is 10.1. The highest BCUT2D eigenvalue weighted by Gasteiger charge is 2.07. The van der Waals surface area contributed by atoms with Gasteiger partial charge in [-0.05, 0) is 67.8 Å². The first kappa shape index (κ1) is 21.1. The molecule has 0 saturated carbocycles. The topological polar surface area (TPSA) is 84.7 Å². The molecule has 4 aromatic rings. The van der Waals surface area contributed by atoms with Crippen molar-refractivity contribution in [1.29, 1.82) is 0 Å². The number of rotatable bonds is 5. The van der Waals surface area contributed by atoms with Crippen LogP contribution in [0.15, 0.2) is 71.7 Å². The molecule has 32 heavy (non-hydrogen) atoms. The summed E-state index contributed by atoms with van der Waals surface area (Å²) in [6.07, 6.45) is 1.70. The molecule has 0 unspecified atom stereocenters. The number of amides is 2. The summed E-state index contributed by atoms with van der Waals surface area (Å²) in [7, 11) is 0. The number of carbonyl (C=O) groups is 1. The summed E-state index contributed by atoms with van der Waals surface area (Å²) in [5, 5.41) is 5.65. The number of pyridine rings is 1. The minimum Gasteiger partial charge on any atom is -0.487 e. The highest BCUT2D eigenvalue weighted by Crippen LogP contribution is 2.19. The molecule has 0 saturated heterocycles. The van der Waals surface area contributed by atoms with Crippen LogP contribution >= 0.6 is 0 Å². The standard InChI is InChI=1S/C25H24N4O3/c1-16-10-17(2)12-20(11-16)28-25(31)27-19-7-4-8-22(13-19)32-15-21-14-23(30)29-9-5-6-18(3)24(29)26-21/h4-14H,15H2,1-3H3,(H2,27,28,31). The van der Waals surface area contributed by atoms with Gasteiger partial charge in [0.1, 0.15) is 18.0 Å². The van der Waals surface area contributed by atoms with Crippen LogP contribution in [0.1, 0.15) is 22.4 Å². The Labute approximate surface area is 185 Å². The van der Waals surface area contributed by atoms with Crippen LogP contribution in [0.3, 0.4) is 0 Å². The minimum atomic E-state index is -0.341. The van der Waals surface area contributed by atoms with Crippen molar-refractivity contribution in [1.82, 2.24) is 9.38 Å². The maximum absolute atomic E-state index is 12.4. The van der Waals surface area contributed by atoms with Crippen LogP contribution in [-0.4, -0.2) is 15.4 Å². The summed E-state index contributed by atoms with van der Waals surface area (Å²) in [6.45, 7) is 6.01. The highest BCUT2D eigenvalue weighted by atomic mass is 16.5. The number of anilines is 2. The van der Waals surface area contributed by atoms with Gasteiger partial charge in [0.2, 0.25) is 0 Å². The second-order valence-corrected chi connectivity index (χ2v) is 7.74. The number of nitrogens with one attached hydrogen (secondary N) is 2. The maximum atomic E-state index is 12.4. The van der Waals surface area contributed by atoms with E-state index in [1.165, 1.54) is 10.5 Å². The molecule has 2 N–H and O–H groups in total. The zero-order valence-electron chi connectivity index (χ0n) is 18.2. The predicted octanol–water partition coefficient (Wildman–Crippen LogP) is 4.84. The van der Waals surface area contributed by atoms with Crippen molar-refractivity contribution in [2.24, 2.45) is 0 Å². The molecule has 0 fully saturated rings. The molecule has 0 radical (unpaired) electrons. The van der Waals surface area contributed by atoms with E-state index in [0.29, 0.717) is 22.8 Å². The van der Waals surface area contributed by atoms with Crippen molar-refractivity contribution in [3.05, 3.63) is 99.6 Å². The number of aromatic nitrogens is 2. The molecular weight excluding hydrogens is 404 g/mol. The molecule has 2 aromatic carbocycles. The number of hydrogen-bond acceptors (Lipinski definition) is 4. The van der Waals surface area contributed by atoms with Gasteiger partial charge >= 0.3 is 6.03 Å². The molecule has 0 bridgehead atoms. The van der Waals surface area contributed by atoms with Gasteiger partial charge in [-0.1, -0.05) is 18.2 Å². The average Bonchev–Trinajstić information content (AvgIpc) is 2.72. The maximum Gasteiger partial charge on any atom is 0.323 e. The van der Waals surface area contributed by atoms with Gasteiger partial charge in [-0.25, -0.2) is 9.78 Å². The fourth-order valence-electron chi connectivity index (χ4n) is 3.54. The Balaban J connectivity index is 1.43. The Morgan fingerprint density at radius 3 is 2.47 bits per heavy atom. The Kier molecular flexibility index (Phi) is 5.89. The fourth-order valence-corrected chi connectivity index (χ4v) is 3.54. The lowest BCUT2D eigenvalue weighted by Gasteiger charge is -2.11. The Bertz CT molecular complexity index is 1340. The first-order valence-electron chi connectivity index (χ1n) is 10.2. The number of ether oxygens (including phenoxy) is 1. The van der Waals surface area contributed by atoms with Gasteiger partial charge in [0.15, 0.2) is 0 Å². The van der Waals surface area contributed by atoms with Crippen molar-refractivity contribution < 1.29 is 9.53 Å². The molecule has 0 spiro atoms. The van der Waals surface area contributed by atoms with Crippen LogP contribution in [0.5, 0.6) is 5.75 Å². The van der Waals surface area contributed by atoms with Crippen LogP contribution in [0.25, 0.3) is 5.65 Å². The van der Waals surface area contributed by atoms with E-state index in [0.717, 1.165) is 22.4 Å². The van der Waals surface area contributed by atoms with Crippen LogP contribution in [-0.2, 0) is 6.61 Å². The summed E-state index contributed by atoms with van der Waals surface area (Å²) in [5.74, 6) is 0.556. The van der Waals surface area contributed by atoms with Crippen LogP contribution in [0, 0.1) is 20.8 Å². The third-order valence-corrected chi connectivity index (χ3v) is 4.90. The second-order valence-electron chi connectivity index (χ2n) is 7.74. The van der Waals surface area contributed by atoms with E-state index >= 15 is 0 Å². The van der Waals surface area contributed by atoms with Gasteiger partial charge in [0.25, 0.3) is 5.56 Å². The van der Waals surface area contributed by atoms with Crippen LogP contribution < -0.4 is 20.9 Å². The lowest BCUT2D eigenvalue weighted by molar-refractivity contribution is 0.262. The summed E-state index contributed by atoms with van der Waals surface area (Å²) < 4.78 is 7.34. The number of urea groups is 1. The van der Waals surface area contributed by atoms with Crippen LogP contribution in [0.2, 0.25) is 0 Å². The Morgan fingerprint density at radius 2 is 1.69 bits per heavy atom. The Morgan fingerprint density at radius 1 is 0.938 bits per heavy atom. The van der Waals surface area contributed by atoms with Crippen molar-refractivity contribution in [2.45, 2.75) is 27.4 Å². The van der Waals surface area contributed by atoms with Gasteiger partial charge in [0.05, 0.1) is 5.69 Å². The minimum absolute atomic E-state index is 0.137. The fraction of sp³-hybridized carbons (Fsp3) is 0.160. The van der Waals surface area contributed by atoms with Crippen LogP contribution in [0.4, 0.5) is 16.2 Å². The SMILES string of the molecule is Cc1cc(C)cc(NC(=O)Nc2cccc(OCc3cc(=O)n4cccc(C)c4n3)c2)c1. The molecule has 162 valence electrons. The summed E-state index contributed by atoms with van der Waals surface area (Å²) in [5.41, 5.74) is 5.37. The van der Waals surface area contributed by atoms with Crippen molar-refractivity contribution >= 4 is 23.1 Å². The van der Waals surface area contributed by atoms with Gasteiger partial charge in [0, 0.05) is 29.7 Å². The summed E-state index contributed by atoms with van der Waals surface area (Å²) in [6, 6.07) is 17.8. The monoisotopic (exact) mass is 428 g/mol. The van der Waals surface area contributed by atoms with Crippen molar-refractivity contribution in [3.8, 4) is 5.75 Å². The van der Waals surface area contributed by atoms with E-state index in [9.17, 15) is 9.59 Å². The largest absolute Gasteiger partial charge is 0.487 e. The molecule has 0 aliphatic heterocycles. The molecular formula is C25H24N4O3. The summed E-state index contributed by atoms with van der Waals surface area (Å²) in [4.78, 5) is 29.3. The number of nitrogens with zero attached hydrogens (tertiary/aromatic N) is 2. The second kappa shape index (κ2) is 8.93. The molecule has 2 amide bonds. The molecule has 2 heterocycles. The highest BCUT2D eigenvalue weighted by molar-refractivity contribution is 5.99. The average molecular weight is 428 g/mol. The molecule has 2 aromatic heterocycles. The molecule has 0 aliphatic rings. The number of hydrogen-bond donors (Lipinski definition) is 2. The smallest absolute Gasteiger partial charge is 0.323 e. The summed E-state index contributed by atoms with van der Waals surface area (Å²) >= 11 is 0. The van der Waals surface area contributed by atoms with E-state index in [-0.39, 0.29) is 18.2 Å². The van der Waals surface area contributed by atoms with Crippen molar-refractivity contribution in [3.63, 3.8) is 0 Å². The normalized spacial score (nSPS) is 10.7. The van der Waals surface area contributed by atoms with Gasteiger partial charge < -0.3 is 15.4 Å². The number of aryl methyl sites for hydroxylation is 3. The van der Waals surface area contributed by atoms with Gasteiger partial charge in [-0.3, -0.25) is 9.20 Å². The third-order valence-electron chi connectivity index (χ3n) is 4.90. The van der Waals surface area contributed by atoms with Crippen molar-refractivity contribution in [2.75, 3.05) is 10.6 Å². The molecule has 0 atom stereocenters. The lowest BCUT2D eigenvalue weighted by Crippen LogP contribution is -2.19. The molecule has 7 heteroatoms.